The lowest BCUT2D eigenvalue weighted by Crippen LogP contribution is -2.45. The lowest BCUT2D eigenvalue weighted by atomic mass is 9.90. The molecule has 1 unspecified atom stereocenters. The summed E-state index contributed by atoms with van der Waals surface area (Å²) in [7, 11) is 0. The summed E-state index contributed by atoms with van der Waals surface area (Å²) in [5, 5.41) is 3.89. The Morgan fingerprint density at radius 1 is 1.36 bits per heavy atom. The van der Waals surface area contributed by atoms with Gasteiger partial charge in [-0.2, -0.15) is 5.10 Å². The van der Waals surface area contributed by atoms with Crippen molar-refractivity contribution < 1.29 is 0 Å². The van der Waals surface area contributed by atoms with Gasteiger partial charge in [-0.1, -0.05) is 55.6 Å². The second-order valence-electron chi connectivity index (χ2n) is 4.53. The van der Waals surface area contributed by atoms with Gasteiger partial charge >= 0.3 is 0 Å². The molecule has 1 aliphatic rings. The van der Waals surface area contributed by atoms with Crippen LogP contribution >= 0.6 is 34.8 Å². The van der Waals surface area contributed by atoms with Crippen LogP contribution in [0.1, 0.15) is 27.2 Å². The van der Waals surface area contributed by atoms with E-state index in [1.54, 1.807) is 4.90 Å². The molecule has 0 radical (unpaired) electrons. The van der Waals surface area contributed by atoms with E-state index in [-0.39, 0.29) is 11.6 Å². The SMILES string of the molecule is CC(C)(C)CC1NN=CN1C(Cl)(Cl)Cl. The second kappa shape index (κ2) is 3.95. The first kappa shape index (κ1) is 12.2. The average molecular weight is 259 g/mol. The molecule has 0 fully saturated rings. The van der Waals surface area contributed by atoms with Gasteiger partial charge in [-0.15, -0.1) is 0 Å². The average Bonchev–Trinajstić information content (AvgIpc) is 2.29. The van der Waals surface area contributed by atoms with E-state index in [4.69, 9.17) is 34.8 Å². The van der Waals surface area contributed by atoms with Gasteiger partial charge in [-0.05, 0) is 11.8 Å². The van der Waals surface area contributed by atoms with Gasteiger partial charge in [0.1, 0.15) is 12.5 Å². The quantitative estimate of drug-likeness (QED) is 0.578. The Labute approximate surface area is 99.4 Å². The zero-order chi connectivity index (χ0) is 11.0. The third-order valence-corrected chi connectivity index (χ3v) is 2.43. The van der Waals surface area contributed by atoms with E-state index in [1.807, 2.05) is 0 Å². The van der Waals surface area contributed by atoms with Crippen LogP contribution in [0.3, 0.4) is 0 Å². The van der Waals surface area contributed by atoms with Crippen molar-refractivity contribution in [2.75, 3.05) is 0 Å². The third kappa shape index (κ3) is 3.37. The Morgan fingerprint density at radius 3 is 2.36 bits per heavy atom. The van der Waals surface area contributed by atoms with Gasteiger partial charge in [0, 0.05) is 0 Å². The van der Waals surface area contributed by atoms with Gasteiger partial charge in [0.05, 0.1) is 0 Å². The van der Waals surface area contributed by atoms with Crippen molar-refractivity contribution in [1.82, 2.24) is 10.3 Å². The Morgan fingerprint density at radius 2 is 1.93 bits per heavy atom. The summed E-state index contributed by atoms with van der Waals surface area (Å²) in [6.45, 7) is 6.39. The highest BCUT2D eigenvalue weighted by molar-refractivity contribution is 6.67. The molecule has 3 nitrogen and oxygen atoms in total. The summed E-state index contributed by atoms with van der Waals surface area (Å²) in [5.41, 5.74) is 3.06. The number of nitrogens with one attached hydrogen (secondary N) is 1. The number of hydrogen-bond acceptors (Lipinski definition) is 3. The number of hydrazone groups is 1. The van der Waals surface area contributed by atoms with Crippen molar-refractivity contribution in [3.8, 4) is 0 Å². The maximum absolute atomic E-state index is 5.79. The number of rotatable bonds is 1. The minimum atomic E-state index is -1.44. The number of hydrogen-bond donors (Lipinski definition) is 1. The van der Waals surface area contributed by atoms with Crippen LogP contribution in [0, 0.1) is 5.41 Å². The predicted molar refractivity (Wildman–Crippen MR) is 61.6 cm³/mol. The highest BCUT2D eigenvalue weighted by atomic mass is 35.6. The largest absolute Gasteiger partial charge is 0.295 e. The maximum atomic E-state index is 5.79. The van der Waals surface area contributed by atoms with Crippen molar-refractivity contribution in [3.05, 3.63) is 0 Å². The molecule has 0 saturated carbocycles. The van der Waals surface area contributed by atoms with E-state index >= 15 is 0 Å². The van der Waals surface area contributed by atoms with Crippen molar-refractivity contribution in [3.63, 3.8) is 0 Å². The van der Waals surface area contributed by atoms with Gasteiger partial charge in [-0.3, -0.25) is 10.3 Å². The lowest BCUT2D eigenvalue weighted by Gasteiger charge is -2.33. The van der Waals surface area contributed by atoms with Crippen LogP contribution in [0.25, 0.3) is 0 Å². The topological polar surface area (TPSA) is 27.6 Å². The molecule has 1 aliphatic heterocycles. The molecule has 0 spiro atoms. The lowest BCUT2D eigenvalue weighted by molar-refractivity contribution is 0.214. The van der Waals surface area contributed by atoms with Crippen LogP contribution in [0.5, 0.6) is 0 Å². The molecule has 6 heteroatoms. The number of halogens is 3. The zero-order valence-electron chi connectivity index (χ0n) is 8.39. The fourth-order valence-electron chi connectivity index (χ4n) is 1.29. The van der Waals surface area contributed by atoms with Crippen LogP contribution in [0.2, 0.25) is 0 Å². The predicted octanol–water partition coefficient (Wildman–Crippen LogP) is 2.92. The Kier molecular flexibility index (Phi) is 3.45. The summed E-state index contributed by atoms with van der Waals surface area (Å²) >= 11 is 17.4. The monoisotopic (exact) mass is 257 g/mol. The minimum absolute atomic E-state index is 0.0532. The molecule has 14 heavy (non-hydrogen) atoms. The summed E-state index contributed by atoms with van der Waals surface area (Å²) in [5.74, 6) is 0. The Balaban J connectivity index is 2.64. The van der Waals surface area contributed by atoms with Crippen LogP contribution in [0.4, 0.5) is 0 Å². The van der Waals surface area contributed by atoms with E-state index in [0.717, 1.165) is 6.42 Å². The second-order valence-corrected chi connectivity index (χ2v) is 6.75. The van der Waals surface area contributed by atoms with E-state index < -0.39 is 3.92 Å². The summed E-state index contributed by atoms with van der Waals surface area (Å²) in [6.07, 6.45) is 2.31. The molecule has 1 N–H and O–H groups in total. The van der Waals surface area contributed by atoms with Gasteiger partial charge in [0.2, 0.25) is 0 Å². The van der Waals surface area contributed by atoms with Gasteiger partial charge in [0.25, 0.3) is 3.92 Å². The zero-order valence-corrected chi connectivity index (χ0v) is 10.7. The van der Waals surface area contributed by atoms with Gasteiger partial charge in [0.15, 0.2) is 0 Å². The molecular weight excluding hydrogens is 244 g/mol. The first-order valence-electron chi connectivity index (χ1n) is 4.34. The minimum Gasteiger partial charge on any atom is -0.295 e. The van der Waals surface area contributed by atoms with Crippen LogP contribution in [-0.4, -0.2) is 21.3 Å². The highest BCUT2D eigenvalue weighted by Crippen LogP contribution is 2.35. The van der Waals surface area contributed by atoms with Crippen molar-refractivity contribution >= 4 is 41.1 Å². The fourth-order valence-corrected chi connectivity index (χ4v) is 1.77. The van der Waals surface area contributed by atoms with Crippen LogP contribution < -0.4 is 5.43 Å². The first-order valence-corrected chi connectivity index (χ1v) is 5.47. The van der Waals surface area contributed by atoms with Crippen LogP contribution in [-0.2, 0) is 0 Å². The smallest absolute Gasteiger partial charge is 0.270 e. The van der Waals surface area contributed by atoms with E-state index in [1.165, 1.54) is 6.34 Å². The van der Waals surface area contributed by atoms with Gasteiger partial charge in [-0.25, -0.2) is 0 Å². The third-order valence-electron chi connectivity index (χ3n) is 1.84. The van der Waals surface area contributed by atoms with Crippen molar-refractivity contribution in [1.29, 1.82) is 0 Å². The molecule has 0 aromatic heterocycles. The Hall–Kier alpha value is 0.140. The molecule has 0 aromatic carbocycles. The maximum Gasteiger partial charge on any atom is 0.270 e. The van der Waals surface area contributed by atoms with Crippen molar-refractivity contribution in [2.45, 2.75) is 37.3 Å². The molecule has 82 valence electrons. The molecule has 1 rings (SSSR count). The van der Waals surface area contributed by atoms with Crippen LogP contribution in [0.15, 0.2) is 5.10 Å². The standard InChI is InChI=1S/C8H14Cl3N3/c1-7(2,3)4-6-13-12-5-14(6)8(9,10)11/h5-6,13H,4H2,1-3H3. The fraction of sp³-hybridized carbons (Fsp3) is 0.875. The summed E-state index contributed by atoms with van der Waals surface area (Å²) in [4.78, 5) is 1.59. The number of alkyl halides is 3. The van der Waals surface area contributed by atoms with Gasteiger partial charge < -0.3 is 0 Å². The highest BCUT2D eigenvalue weighted by Gasteiger charge is 2.37. The van der Waals surface area contributed by atoms with E-state index in [9.17, 15) is 0 Å². The molecule has 1 atom stereocenters. The summed E-state index contributed by atoms with van der Waals surface area (Å²) < 4.78 is -1.44. The molecule has 0 aromatic rings. The number of nitrogens with zero attached hydrogens (tertiary/aromatic N) is 2. The van der Waals surface area contributed by atoms with E-state index in [0.29, 0.717) is 0 Å². The molecule has 0 bridgehead atoms. The molecule has 0 aliphatic carbocycles. The normalized spacial score (nSPS) is 22.7. The molecular formula is C8H14Cl3N3. The molecule has 0 amide bonds. The summed E-state index contributed by atoms with van der Waals surface area (Å²) in [6, 6.07) is 0. The van der Waals surface area contributed by atoms with E-state index in [2.05, 4.69) is 31.3 Å². The first-order chi connectivity index (χ1) is 6.20. The molecule has 1 heterocycles. The molecule has 0 saturated heterocycles. The Bertz CT molecular complexity index is 229. The van der Waals surface area contributed by atoms with Crippen molar-refractivity contribution in [2.24, 2.45) is 10.5 Å².